The van der Waals surface area contributed by atoms with Crippen molar-refractivity contribution in [3.8, 4) is 0 Å². The first-order valence-electron chi connectivity index (χ1n) is 13.1. The highest BCUT2D eigenvalue weighted by Gasteiger charge is 2.61. The number of hydrogen-bond acceptors (Lipinski definition) is 5. The molecule has 1 amide bonds. The van der Waals surface area contributed by atoms with Crippen LogP contribution in [0.25, 0.3) is 0 Å². The summed E-state index contributed by atoms with van der Waals surface area (Å²) in [5.74, 6) is -0.0345. The smallest absolute Gasteiger partial charge is 0.239 e. The summed E-state index contributed by atoms with van der Waals surface area (Å²) in [5, 5.41) is 2.93. The van der Waals surface area contributed by atoms with Crippen LogP contribution in [0.4, 0.5) is 0 Å². The molecule has 0 radical (unpaired) electrons. The number of likely N-dealkylation sites (tertiary alicyclic amines) is 1. The van der Waals surface area contributed by atoms with Crippen molar-refractivity contribution >= 4 is 14.2 Å². The van der Waals surface area contributed by atoms with Gasteiger partial charge in [-0.1, -0.05) is 58.0 Å². The van der Waals surface area contributed by atoms with Gasteiger partial charge in [-0.05, 0) is 57.8 Å². The van der Waals surface area contributed by atoms with Gasteiger partial charge >= 0.3 is 0 Å². The maximum Gasteiger partial charge on any atom is 0.239 e. The van der Waals surface area contributed by atoms with Gasteiger partial charge < -0.3 is 19.2 Å². The molecule has 2 saturated heterocycles. The fourth-order valence-electron chi connectivity index (χ4n) is 4.99. The van der Waals surface area contributed by atoms with Gasteiger partial charge in [-0.15, -0.1) is 0 Å². The van der Waals surface area contributed by atoms with Crippen LogP contribution in [0, 0.1) is 0 Å². The number of hydrogen-bond donors (Lipinski definition) is 1. The summed E-state index contributed by atoms with van der Waals surface area (Å²) >= 11 is 0. The SMILES string of the molecule is CC[C@@H]1[C@H]2OC(C)(C)C(C)(C)O[C@@H]2[C@H](O[Si](C)(C)C(C)(C)C)[C@@H](C(=O)NC)N1Cc1ccccc1. The number of carbonyl (C=O) groups is 1. The Morgan fingerprint density at radius 1 is 1.06 bits per heavy atom. The van der Waals surface area contributed by atoms with Crippen molar-refractivity contribution < 1.29 is 18.7 Å². The molecule has 0 bridgehead atoms. The average molecular weight is 505 g/mol. The van der Waals surface area contributed by atoms with Crippen molar-refractivity contribution in [2.45, 2.75) is 128 Å². The zero-order valence-corrected chi connectivity index (χ0v) is 24.8. The average Bonchev–Trinajstić information content (AvgIpc) is 2.74. The Balaban J connectivity index is 2.16. The monoisotopic (exact) mass is 504 g/mol. The third kappa shape index (κ3) is 5.40. The quantitative estimate of drug-likeness (QED) is 0.545. The van der Waals surface area contributed by atoms with Gasteiger partial charge in [-0.25, -0.2) is 0 Å². The molecule has 1 aromatic carbocycles. The first kappa shape index (κ1) is 28.3. The Morgan fingerprint density at radius 2 is 1.60 bits per heavy atom. The fourth-order valence-corrected chi connectivity index (χ4v) is 6.28. The first-order chi connectivity index (χ1) is 16.1. The minimum atomic E-state index is -2.25. The number of nitrogens with one attached hydrogen (secondary N) is 1. The summed E-state index contributed by atoms with van der Waals surface area (Å²) < 4.78 is 20.9. The lowest BCUT2D eigenvalue weighted by molar-refractivity contribution is -0.336. The second-order valence-corrected chi connectivity index (χ2v) is 17.5. The minimum absolute atomic E-state index is 0.00802. The molecule has 5 atom stereocenters. The fraction of sp³-hybridized carbons (Fsp3) is 0.750. The van der Waals surface area contributed by atoms with E-state index in [0.29, 0.717) is 6.54 Å². The highest BCUT2D eigenvalue weighted by atomic mass is 28.4. The molecule has 0 saturated carbocycles. The van der Waals surface area contributed by atoms with Crippen LogP contribution in [-0.4, -0.2) is 67.8 Å². The van der Waals surface area contributed by atoms with Crippen molar-refractivity contribution in [3.63, 3.8) is 0 Å². The molecule has 35 heavy (non-hydrogen) atoms. The summed E-state index contributed by atoms with van der Waals surface area (Å²) in [4.78, 5) is 15.9. The first-order valence-corrected chi connectivity index (χ1v) is 16.0. The van der Waals surface area contributed by atoms with Crippen LogP contribution in [0.2, 0.25) is 18.1 Å². The number of rotatable bonds is 6. The molecule has 0 unspecified atom stereocenters. The molecule has 0 spiro atoms. The highest BCUT2D eigenvalue weighted by Crippen LogP contribution is 2.47. The molecule has 2 aliphatic rings. The zero-order chi connectivity index (χ0) is 26.4. The van der Waals surface area contributed by atoms with Crippen LogP contribution in [0.15, 0.2) is 30.3 Å². The minimum Gasteiger partial charge on any atom is -0.409 e. The van der Waals surface area contributed by atoms with E-state index in [1.807, 2.05) is 18.2 Å². The number of amides is 1. The Bertz CT molecular complexity index is 881. The lowest BCUT2D eigenvalue weighted by Crippen LogP contribution is -2.77. The second-order valence-electron chi connectivity index (χ2n) is 12.7. The molecular formula is C28H48N2O4Si. The predicted molar refractivity (Wildman–Crippen MR) is 144 cm³/mol. The number of fused-ring (bicyclic) bond motifs is 1. The maximum atomic E-state index is 13.6. The number of carbonyl (C=O) groups excluding carboxylic acids is 1. The van der Waals surface area contributed by atoms with Crippen LogP contribution >= 0.6 is 0 Å². The normalized spacial score (nSPS) is 31.0. The molecule has 1 N–H and O–H groups in total. The van der Waals surface area contributed by atoms with Crippen LogP contribution in [0.5, 0.6) is 0 Å². The van der Waals surface area contributed by atoms with Gasteiger partial charge in [-0.2, -0.15) is 0 Å². The molecule has 2 fully saturated rings. The Morgan fingerprint density at radius 3 is 2.09 bits per heavy atom. The number of likely N-dealkylation sites (N-methyl/N-ethyl adjacent to an activating group) is 1. The number of piperidine rings is 1. The molecule has 6 nitrogen and oxygen atoms in total. The standard InChI is InChI=1S/C28H48N2O4Si/c1-12-20-22-24(33-28(7,8)27(5,6)32-22)23(34-35(10,11)26(2,3)4)21(25(31)29-9)30(20)18-19-16-14-13-15-17-19/h13-17,20-24H,12,18H2,1-11H3,(H,29,31)/t20-,21+,22-,23-,24+/m1/s1. The van der Waals surface area contributed by atoms with E-state index in [9.17, 15) is 4.79 Å². The van der Waals surface area contributed by atoms with Crippen molar-refractivity contribution in [2.75, 3.05) is 7.05 Å². The van der Waals surface area contributed by atoms with Gasteiger partial charge in [0.2, 0.25) is 5.91 Å². The summed E-state index contributed by atoms with van der Waals surface area (Å²) in [6, 6.07) is 9.89. The van der Waals surface area contributed by atoms with E-state index < -0.39 is 31.7 Å². The zero-order valence-electron chi connectivity index (χ0n) is 23.8. The van der Waals surface area contributed by atoms with Crippen molar-refractivity contribution in [3.05, 3.63) is 35.9 Å². The number of nitrogens with zero attached hydrogens (tertiary/aromatic N) is 1. The molecule has 2 heterocycles. The molecule has 0 aliphatic carbocycles. The van der Waals surface area contributed by atoms with Gasteiger partial charge in [0.25, 0.3) is 0 Å². The number of benzene rings is 1. The molecule has 0 aromatic heterocycles. The summed E-state index contributed by atoms with van der Waals surface area (Å²) in [6.45, 7) is 22.4. The van der Waals surface area contributed by atoms with Gasteiger partial charge in [0.15, 0.2) is 8.32 Å². The van der Waals surface area contributed by atoms with E-state index in [2.05, 4.69) is 90.8 Å². The second kappa shape index (κ2) is 9.90. The third-order valence-corrected chi connectivity index (χ3v) is 13.3. The Labute approximate surface area is 214 Å². The van der Waals surface area contributed by atoms with Crippen molar-refractivity contribution in [2.24, 2.45) is 0 Å². The van der Waals surface area contributed by atoms with E-state index in [1.54, 1.807) is 7.05 Å². The van der Waals surface area contributed by atoms with E-state index in [1.165, 1.54) is 5.56 Å². The third-order valence-electron chi connectivity index (χ3n) is 8.81. The van der Waals surface area contributed by atoms with Crippen LogP contribution in [0.1, 0.15) is 67.4 Å². The van der Waals surface area contributed by atoms with Crippen LogP contribution in [0.3, 0.4) is 0 Å². The van der Waals surface area contributed by atoms with Crippen LogP contribution in [-0.2, 0) is 25.2 Å². The van der Waals surface area contributed by atoms with E-state index in [4.69, 9.17) is 13.9 Å². The predicted octanol–water partition coefficient (Wildman–Crippen LogP) is 5.13. The molecule has 1 aromatic rings. The van der Waals surface area contributed by atoms with E-state index >= 15 is 0 Å². The van der Waals surface area contributed by atoms with Gasteiger partial charge in [0.05, 0.1) is 17.3 Å². The lowest BCUT2D eigenvalue weighted by Gasteiger charge is -2.61. The van der Waals surface area contributed by atoms with E-state index in [0.717, 1.165) is 6.42 Å². The molecule has 198 valence electrons. The van der Waals surface area contributed by atoms with Crippen LogP contribution < -0.4 is 5.32 Å². The molecule has 7 heteroatoms. The molecule has 2 aliphatic heterocycles. The summed E-state index contributed by atoms with van der Waals surface area (Å²) in [5.41, 5.74) is 0.151. The molecule has 3 rings (SSSR count). The van der Waals surface area contributed by atoms with Gasteiger partial charge in [0, 0.05) is 19.6 Å². The maximum absolute atomic E-state index is 13.6. The van der Waals surface area contributed by atoms with Gasteiger partial charge in [-0.3, -0.25) is 9.69 Å². The largest absolute Gasteiger partial charge is 0.409 e. The number of ether oxygens (including phenoxy) is 2. The van der Waals surface area contributed by atoms with Crippen molar-refractivity contribution in [1.82, 2.24) is 10.2 Å². The summed E-state index contributed by atoms with van der Waals surface area (Å²) in [6.07, 6.45) is -0.148. The highest BCUT2D eigenvalue weighted by molar-refractivity contribution is 6.74. The van der Waals surface area contributed by atoms with Crippen molar-refractivity contribution in [1.29, 1.82) is 0 Å². The van der Waals surface area contributed by atoms with E-state index in [-0.39, 0.29) is 29.2 Å². The summed E-state index contributed by atoms with van der Waals surface area (Å²) in [7, 11) is -0.534. The lowest BCUT2D eigenvalue weighted by atomic mass is 9.80. The molecular weight excluding hydrogens is 456 g/mol. The Hall–Kier alpha value is -1.25. The van der Waals surface area contributed by atoms with Gasteiger partial charge in [0.1, 0.15) is 18.2 Å². The Kier molecular flexibility index (Phi) is 8.01. The topological polar surface area (TPSA) is 60.0 Å².